The van der Waals surface area contributed by atoms with Crippen LogP contribution in [-0.4, -0.2) is 35.2 Å². The van der Waals surface area contributed by atoms with Gasteiger partial charge in [0.2, 0.25) is 0 Å². The van der Waals surface area contributed by atoms with E-state index in [2.05, 4.69) is 4.99 Å². The molecule has 0 spiro atoms. The summed E-state index contributed by atoms with van der Waals surface area (Å²) in [5, 5.41) is 9.46. The van der Waals surface area contributed by atoms with Crippen molar-refractivity contribution in [3.05, 3.63) is 76.8 Å². The zero-order chi connectivity index (χ0) is 22.8. The van der Waals surface area contributed by atoms with Crippen LogP contribution in [-0.2, 0) is 9.63 Å². The van der Waals surface area contributed by atoms with E-state index in [0.29, 0.717) is 17.9 Å². The summed E-state index contributed by atoms with van der Waals surface area (Å²) in [6.45, 7) is 3.77. The van der Waals surface area contributed by atoms with Gasteiger partial charge in [0, 0.05) is 6.08 Å². The highest BCUT2D eigenvalue weighted by atomic mass is 19.1. The minimum Gasteiger partial charge on any atom is -0.490 e. The molecule has 1 amide bonds. The molecule has 0 aliphatic carbocycles. The van der Waals surface area contributed by atoms with E-state index in [0.717, 1.165) is 0 Å². The highest BCUT2D eigenvalue weighted by Crippen LogP contribution is 2.31. The average molecular weight is 435 g/mol. The number of carbonyl (C=O) groups excluding carboxylic acids is 2. The van der Waals surface area contributed by atoms with Crippen LogP contribution in [0.3, 0.4) is 0 Å². The normalized spacial score (nSPS) is 16.3. The number of nitrogens with one attached hydrogen (secondary N) is 1. The largest absolute Gasteiger partial charge is 0.490 e. The number of amidine groups is 2. The van der Waals surface area contributed by atoms with Crippen molar-refractivity contribution in [3.8, 4) is 11.5 Å². The lowest BCUT2D eigenvalue weighted by Crippen LogP contribution is -2.38. The summed E-state index contributed by atoms with van der Waals surface area (Å²) in [6.07, 6.45) is 3.05. The molecule has 0 radical (unpaired) electrons. The number of esters is 1. The number of fused-ring (bicyclic) bond motifs is 1. The third-order valence-corrected chi connectivity index (χ3v) is 4.54. The number of hydrogen-bond donors (Lipinski definition) is 1. The van der Waals surface area contributed by atoms with Crippen molar-refractivity contribution in [2.24, 2.45) is 4.99 Å². The van der Waals surface area contributed by atoms with Gasteiger partial charge in [0.15, 0.2) is 23.2 Å². The van der Waals surface area contributed by atoms with Crippen LogP contribution < -0.4 is 9.47 Å². The van der Waals surface area contributed by atoms with Crippen LogP contribution >= 0.6 is 0 Å². The maximum atomic E-state index is 13.1. The third-order valence-electron chi connectivity index (χ3n) is 4.54. The van der Waals surface area contributed by atoms with Gasteiger partial charge < -0.3 is 14.3 Å². The summed E-state index contributed by atoms with van der Waals surface area (Å²) in [5.74, 6) is -0.627. The molecule has 0 unspecified atom stereocenters. The molecule has 2 heterocycles. The minimum atomic E-state index is -0.669. The molecule has 2 aliphatic heterocycles. The maximum Gasteiger partial charge on any atom is 0.343 e. The Labute approximate surface area is 182 Å². The molecule has 2 aliphatic rings. The molecule has 4 rings (SSSR count). The van der Waals surface area contributed by atoms with Gasteiger partial charge in [-0.1, -0.05) is 6.07 Å². The Kier molecular flexibility index (Phi) is 5.55. The Hall–Kier alpha value is -4.27. The van der Waals surface area contributed by atoms with Gasteiger partial charge in [0.05, 0.1) is 17.7 Å². The van der Waals surface area contributed by atoms with Crippen molar-refractivity contribution in [2.75, 3.05) is 6.61 Å². The van der Waals surface area contributed by atoms with E-state index in [4.69, 9.17) is 19.7 Å². The van der Waals surface area contributed by atoms with Crippen molar-refractivity contribution in [1.82, 2.24) is 5.06 Å². The van der Waals surface area contributed by atoms with E-state index < -0.39 is 17.7 Å². The maximum absolute atomic E-state index is 13.1. The van der Waals surface area contributed by atoms with Crippen molar-refractivity contribution >= 4 is 29.6 Å². The Balaban J connectivity index is 1.60. The fourth-order valence-corrected chi connectivity index (χ4v) is 3.08. The number of rotatable bonds is 5. The predicted molar refractivity (Wildman–Crippen MR) is 114 cm³/mol. The zero-order valence-electron chi connectivity index (χ0n) is 17.2. The van der Waals surface area contributed by atoms with Gasteiger partial charge in [0.1, 0.15) is 11.6 Å². The van der Waals surface area contributed by atoms with Gasteiger partial charge in [-0.3, -0.25) is 10.2 Å². The molecule has 0 bridgehead atoms. The first-order valence-corrected chi connectivity index (χ1v) is 9.70. The molecular formula is C23H18FN3O5. The number of nitrogens with zero attached hydrogens (tertiary/aromatic N) is 2. The van der Waals surface area contributed by atoms with Crippen molar-refractivity contribution in [1.29, 1.82) is 5.41 Å². The number of hydrogen-bond acceptors (Lipinski definition) is 6. The Morgan fingerprint density at radius 2 is 1.97 bits per heavy atom. The summed E-state index contributed by atoms with van der Waals surface area (Å²) in [6, 6.07) is 9.68. The number of hydroxylamine groups is 2. The summed E-state index contributed by atoms with van der Waals surface area (Å²) in [5.41, 5.74) is 0.755. The van der Waals surface area contributed by atoms with E-state index in [1.54, 1.807) is 32.1 Å². The van der Waals surface area contributed by atoms with E-state index >= 15 is 0 Å². The standard InChI is InChI=1S/C23H18FN3O5/c1-3-30-19-12-14(4-9-18(19)31-23(29)15-5-7-16(24)8-6-15)11-17-21(25)27-20(26-22(17)28)10-13(2)32-27/h4-12,25H,3H2,1-2H3/b17-11+,25-21?. The van der Waals surface area contributed by atoms with E-state index in [-0.39, 0.29) is 34.3 Å². The van der Waals surface area contributed by atoms with Gasteiger partial charge in [-0.05, 0) is 61.9 Å². The number of benzene rings is 2. The zero-order valence-corrected chi connectivity index (χ0v) is 17.2. The lowest BCUT2D eigenvalue weighted by molar-refractivity contribution is -0.114. The number of ether oxygens (including phenoxy) is 2. The molecule has 1 N–H and O–H groups in total. The first-order valence-electron chi connectivity index (χ1n) is 9.70. The second kappa shape index (κ2) is 8.46. The van der Waals surface area contributed by atoms with Gasteiger partial charge in [0.25, 0.3) is 5.91 Å². The first kappa shape index (κ1) is 21.0. The smallest absolute Gasteiger partial charge is 0.343 e. The molecule has 2 aromatic rings. The third kappa shape index (κ3) is 4.13. The van der Waals surface area contributed by atoms with Crippen LogP contribution in [0.25, 0.3) is 6.08 Å². The topological polar surface area (TPSA) is 101 Å². The van der Waals surface area contributed by atoms with Crippen LogP contribution in [0.15, 0.2) is 64.9 Å². The second-order valence-corrected chi connectivity index (χ2v) is 6.86. The van der Waals surface area contributed by atoms with Gasteiger partial charge in [-0.15, -0.1) is 5.06 Å². The quantitative estimate of drug-likeness (QED) is 0.434. The van der Waals surface area contributed by atoms with Gasteiger partial charge in [-0.2, -0.15) is 4.99 Å². The molecule has 32 heavy (non-hydrogen) atoms. The summed E-state index contributed by atoms with van der Waals surface area (Å²) in [4.78, 5) is 34.2. The number of aliphatic imine (C=N–C) groups is 1. The van der Waals surface area contributed by atoms with E-state index in [9.17, 15) is 14.0 Å². The number of halogens is 1. The number of carbonyl (C=O) groups is 2. The molecule has 0 saturated heterocycles. The summed E-state index contributed by atoms with van der Waals surface area (Å²) < 4.78 is 24.1. The molecule has 0 atom stereocenters. The number of amides is 1. The first-order chi connectivity index (χ1) is 15.4. The van der Waals surface area contributed by atoms with Crippen LogP contribution in [0.2, 0.25) is 0 Å². The van der Waals surface area contributed by atoms with Crippen LogP contribution in [0.5, 0.6) is 11.5 Å². The fourth-order valence-electron chi connectivity index (χ4n) is 3.08. The summed E-state index contributed by atoms with van der Waals surface area (Å²) >= 11 is 0. The predicted octanol–water partition coefficient (Wildman–Crippen LogP) is 3.89. The lowest BCUT2D eigenvalue weighted by Gasteiger charge is -2.23. The molecular weight excluding hydrogens is 417 g/mol. The fraction of sp³-hybridized carbons (Fsp3) is 0.130. The SMILES string of the molecule is CCOc1cc(/C=C2\C(=N)N3OC(C)=CC3=NC2=O)ccc1OC(=O)c1ccc(F)cc1. The molecule has 162 valence electrons. The van der Waals surface area contributed by atoms with Crippen molar-refractivity contribution in [3.63, 3.8) is 0 Å². The molecule has 0 aromatic heterocycles. The molecule has 0 saturated carbocycles. The Morgan fingerprint density at radius 3 is 2.69 bits per heavy atom. The highest BCUT2D eigenvalue weighted by Gasteiger charge is 2.34. The monoisotopic (exact) mass is 435 g/mol. The Bertz CT molecular complexity index is 1210. The molecule has 2 aromatic carbocycles. The minimum absolute atomic E-state index is 0.0374. The van der Waals surface area contributed by atoms with Crippen LogP contribution in [0, 0.1) is 11.2 Å². The summed E-state index contributed by atoms with van der Waals surface area (Å²) in [7, 11) is 0. The van der Waals surface area contributed by atoms with Gasteiger partial charge in [-0.25, -0.2) is 9.18 Å². The number of allylic oxidation sites excluding steroid dienone is 1. The van der Waals surface area contributed by atoms with Crippen molar-refractivity contribution in [2.45, 2.75) is 13.8 Å². The molecule has 9 heteroatoms. The van der Waals surface area contributed by atoms with E-state index in [1.165, 1.54) is 41.5 Å². The lowest BCUT2D eigenvalue weighted by atomic mass is 10.1. The van der Waals surface area contributed by atoms with Gasteiger partial charge >= 0.3 is 5.97 Å². The molecule has 8 nitrogen and oxygen atoms in total. The van der Waals surface area contributed by atoms with Crippen LogP contribution in [0.1, 0.15) is 29.8 Å². The van der Waals surface area contributed by atoms with E-state index in [1.807, 2.05) is 0 Å². The second-order valence-electron chi connectivity index (χ2n) is 6.86. The highest BCUT2D eigenvalue weighted by molar-refractivity contribution is 6.32. The average Bonchev–Trinajstić information content (AvgIpc) is 3.13. The van der Waals surface area contributed by atoms with Crippen LogP contribution in [0.4, 0.5) is 4.39 Å². The van der Waals surface area contributed by atoms with Crippen molar-refractivity contribution < 1.29 is 28.3 Å². The molecule has 0 fully saturated rings. The Morgan fingerprint density at radius 1 is 1.22 bits per heavy atom.